The molecule has 0 saturated carbocycles. The van der Waals surface area contributed by atoms with Crippen LogP contribution in [0.25, 0.3) is 0 Å². The summed E-state index contributed by atoms with van der Waals surface area (Å²) >= 11 is 0. The summed E-state index contributed by atoms with van der Waals surface area (Å²) in [4.78, 5) is 2.54. The molecule has 20 heavy (non-hydrogen) atoms. The van der Waals surface area contributed by atoms with Gasteiger partial charge in [-0.15, -0.1) is 0 Å². The van der Waals surface area contributed by atoms with E-state index in [1.165, 1.54) is 21.4 Å². The number of aromatic nitrogens is 2. The highest BCUT2D eigenvalue weighted by Crippen LogP contribution is 2.17. The summed E-state index contributed by atoms with van der Waals surface area (Å²) in [6.45, 7) is 6.25. The Morgan fingerprint density at radius 1 is 1.35 bits per heavy atom. The van der Waals surface area contributed by atoms with Crippen LogP contribution in [0.1, 0.15) is 6.92 Å². The molecule has 1 aromatic heterocycles. The van der Waals surface area contributed by atoms with Gasteiger partial charge in [-0.05, 0) is 12.5 Å². The van der Waals surface area contributed by atoms with E-state index < -0.39 is 10.0 Å². The highest BCUT2D eigenvalue weighted by Gasteiger charge is 2.29. The molecule has 2 heterocycles. The fraction of sp³-hybridized carbons (Fsp3) is 0.750. The second-order valence-corrected chi connectivity index (χ2v) is 7.33. The number of nitrogens with two attached hydrogens (primary N) is 1. The van der Waals surface area contributed by atoms with E-state index in [0.717, 1.165) is 19.6 Å². The van der Waals surface area contributed by atoms with Crippen LogP contribution in [0.15, 0.2) is 17.3 Å². The third kappa shape index (κ3) is 3.38. The second kappa shape index (κ2) is 6.21. The van der Waals surface area contributed by atoms with Crippen LogP contribution in [0.4, 0.5) is 0 Å². The molecule has 1 aliphatic heterocycles. The zero-order chi connectivity index (χ0) is 14.8. The van der Waals surface area contributed by atoms with E-state index in [1.807, 2.05) is 0 Å². The van der Waals surface area contributed by atoms with Gasteiger partial charge in [0, 0.05) is 46.0 Å². The van der Waals surface area contributed by atoms with Crippen molar-refractivity contribution in [2.45, 2.75) is 11.8 Å². The van der Waals surface area contributed by atoms with E-state index >= 15 is 0 Å². The fourth-order valence-corrected chi connectivity index (χ4v) is 3.76. The van der Waals surface area contributed by atoms with Crippen LogP contribution in [0.3, 0.4) is 0 Å². The van der Waals surface area contributed by atoms with Crippen molar-refractivity contribution >= 4 is 10.0 Å². The van der Waals surface area contributed by atoms with Gasteiger partial charge < -0.3 is 10.6 Å². The lowest BCUT2D eigenvalue weighted by molar-refractivity contribution is 0.170. The quantitative estimate of drug-likeness (QED) is 0.779. The maximum atomic E-state index is 12.4. The van der Waals surface area contributed by atoms with Gasteiger partial charge in [-0.3, -0.25) is 4.68 Å². The number of rotatable bonds is 5. The fourth-order valence-electron chi connectivity index (χ4n) is 2.35. The van der Waals surface area contributed by atoms with Gasteiger partial charge in [0.05, 0.1) is 6.20 Å². The van der Waals surface area contributed by atoms with Crippen molar-refractivity contribution in [3.8, 4) is 0 Å². The molecule has 2 rings (SSSR count). The summed E-state index contributed by atoms with van der Waals surface area (Å²) in [5, 5.41) is 3.93. The number of sulfonamides is 1. The summed E-state index contributed by atoms with van der Waals surface area (Å²) in [5.41, 5.74) is 5.62. The minimum Gasteiger partial charge on any atom is -0.330 e. The Hall–Kier alpha value is -0.960. The summed E-state index contributed by atoms with van der Waals surface area (Å²) in [5.74, 6) is 0.441. The topological polar surface area (TPSA) is 84.5 Å². The van der Waals surface area contributed by atoms with Gasteiger partial charge in [-0.1, -0.05) is 6.92 Å². The highest BCUT2D eigenvalue weighted by atomic mass is 32.2. The molecule has 1 unspecified atom stereocenters. The highest BCUT2D eigenvalue weighted by molar-refractivity contribution is 7.89. The molecule has 1 atom stereocenters. The van der Waals surface area contributed by atoms with Crippen LogP contribution >= 0.6 is 0 Å². The summed E-state index contributed by atoms with van der Waals surface area (Å²) in [6.07, 6.45) is 2.94. The molecule has 7 nitrogen and oxygen atoms in total. The average Bonchev–Trinajstić information content (AvgIpc) is 2.86. The lowest BCUT2D eigenvalue weighted by Crippen LogP contribution is -2.49. The first kappa shape index (κ1) is 15.4. The average molecular weight is 301 g/mol. The van der Waals surface area contributed by atoms with Crippen molar-refractivity contribution in [1.29, 1.82) is 0 Å². The van der Waals surface area contributed by atoms with Gasteiger partial charge in [0.2, 0.25) is 10.0 Å². The summed E-state index contributed by atoms with van der Waals surface area (Å²) < 4.78 is 27.9. The first-order chi connectivity index (χ1) is 9.43. The molecule has 2 N–H and O–H groups in total. The smallest absolute Gasteiger partial charge is 0.246 e. The molecule has 0 spiro atoms. The van der Waals surface area contributed by atoms with Crippen molar-refractivity contribution in [1.82, 2.24) is 19.0 Å². The van der Waals surface area contributed by atoms with Gasteiger partial charge in [0.15, 0.2) is 0 Å². The minimum absolute atomic E-state index is 0.267. The molecular formula is C12H23N5O2S. The number of nitrogens with zero attached hydrogens (tertiary/aromatic N) is 4. The molecule has 8 heteroatoms. The lowest BCUT2D eigenvalue weighted by Gasteiger charge is -2.34. The molecule has 0 radical (unpaired) electrons. The van der Waals surface area contributed by atoms with Crippen LogP contribution in [0, 0.1) is 5.92 Å². The zero-order valence-electron chi connectivity index (χ0n) is 12.1. The zero-order valence-corrected chi connectivity index (χ0v) is 12.9. The monoisotopic (exact) mass is 301 g/mol. The summed E-state index contributed by atoms with van der Waals surface area (Å²) in [6, 6.07) is 0. The predicted octanol–water partition coefficient (Wildman–Crippen LogP) is -0.679. The first-order valence-corrected chi connectivity index (χ1v) is 8.28. The van der Waals surface area contributed by atoms with Crippen molar-refractivity contribution in [3.63, 3.8) is 0 Å². The molecule has 0 amide bonds. The van der Waals surface area contributed by atoms with Crippen molar-refractivity contribution in [2.24, 2.45) is 18.7 Å². The standard InChI is InChI=1S/C12H23N5O2S/c1-11(7-13)9-16-3-5-17(6-4-16)20(18,19)12-8-14-15(2)10-12/h8,10-11H,3-7,9,13H2,1-2H3. The molecule has 1 saturated heterocycles. The number of aryl methyl sites for hydroxylation is 1. The molecule has 0 aliphatic carbocycles. The molecule has 114 valence electrons. The van der Waals surface area contributed by atoms with Gasteiger partial charge in [0.25, 0.3) is 0 Å². The van der Waals surface area contributed by atoms with Crippen LogP contribution in [0.2, 0.25) is 0 Å². The molecular weight excluding hydrogens is 278 g/mol. The van der Waals surface area contributed by atoms with Gasteiger partial charge in [-0.25, -0.2) is 8.42 Å². The molecule has 0 bridgehead atoms. The largest absolute Gasteiger partial charge is 0.330 e. The van der Waals surface area contributed by atoms with Crippen molar-refractivity contribution in [3.05, 3.63) is 12.4 Å². The van der Waals surface area contributed by atoms with Gasteiger partial charge in [-0.2, -0.15) is 9.40 Å². The lowest BCUT2D eigenvalue weighted by atomic mass is 10.1. The minimum atomic E-state index is -3.40. The maximum Gasteiger partial charge on any atom is 0.246 e. The van der Waals surface area contributed by atoms with Gasteiger partial charge in [0.1, 0.15) is 4.90 Å². The Morgan fingerprint density at radius 3 is 2.50 bits per heavy atom. The van der Waals surface area contributed by atoms with E-state index in [9.17, 15) is 8.42 Å². The Morgan fingerprint density at radius 2 is 2.00 bits per heavy atom. The molecule has 0 aromatic carbocycles. The van der Waals surface area contributed by atoms with Crippen LogP contribution < -0.4 is 5.73 Å². The first-order valence-electron chi connectivity index (χ1n) is 6.84. The normalized spacial score (nSPS) is 20.1. The molecule has 1 fully saturated rings. The Kier molecular flexibility index (Phi) is 4.79. The molecule has 1 aliphatic rings. The van der Waals surface area contributed by atoms with Crippen molar-refractivity contribution in [2.75, 3.05) is 39.3 Å². The SMILES string of the molecule is CC(CN)CN1CCN(S(=O)(=O)c2cnn(C)c2)CC1. The number of hydrogen-bond donors (Lipinski definition) is 1. The Bertz CT molecular complexity index is 534. The van der Waals surface area contributed by atoms with Crippen LogP contribution in [-0.4, -0.2) is 66.7 Å². The van der Waals surface area contributed by atoms with E-state index in [4.69, 9.17) is 5.73 Å². The maximum absolute atomic E-state index is 12.4. The Balaban J connectivity index is 1.96. The van der Waals surface area contributed by atoms with E-state index in [1.54, 1.807) is 7.05 Å². The van der Waals surface area contributed by atoms with E-state index in [2.05, 4.69) is 16.9 Å². The second-order valence-electron chi connectivity index (χ2n) is 5.40. The van der Waals surface area contributed by atoms with Crippen molar-refractivity contribution < 1.29 is 8.42 Å². The predicted molar refractivity (Wildman–Crippen MR) is 76.6 cm³/mol. The third-order valence-electron chi connectivity index (χ3n) is 3.62. The van der Waals surface area contributed by atoms with E-state index in [-0.39, 0.29) is 4.90 Å². The summed E-state index contributed by atoms with van der Waals surface area (Å²) in [7, 11) is -1.69. The number of hydrogen-bond acceptors (Lipinski definition) is 5. The number of piperazine rings is 1. The van der Waals surface area contributed by atoms with Crippen LogP contribution in [0.5, 0.6) is 0 Å². The molecule has 1 aromatic rings. The third-order valence-corrected chi connectivity index (χ3v) is 5.47. The van der Waals surface area contributed by atoms with E-state index in [0.29, 0.717) is 25.6 Å². The van der Waals surface area contributed by atoms with Crippen LogP contribution in [-0.2, 0) is 17.1 Å². The van der Waals surface area contributed by atoms with Gasteiger partial charge >= 0.3 is 0 Å². The Labute approximate surface area is 120 Å².